The van der Waals surface area contributed by atoms with Crippen LogP contribution in [-0.2, 0) is 16.1 Å². The summed E-state index contributed by atoms with van der Waals surface area (Å²) in [5.74, 6) is -0.319. The van der Waals surface area contributed by atoms with Gasteiger partial charge in [-0.05, 0) is 11.6 Å². The van der Waals surface area contributed by atoms with Gasteiger partial charge in [-0.2, -0.15) is 0 Å². The standard InChI is InChI=1S/C14H15N3O2/c1-19-14(18)13(11-5-3-2-4-6-11)16-9-12-7-8-15-10-17-12/h2-8,10,13,16H,9H2,1H3. The van der Waals surface area contributed by atoms with Gasteiger partial charge in [0.05, 0.1) is 12.8 Å². The average molecular weight is 257 g/mol. The van der Waals surface area contributed by atoms with Crippen molar-refractivity contribution in [2.45, 2.75) is 12.6 Å². The van der Waals surface area contributed by atoms with Crippen molar-refractivity contribution in [3.63, 3.8) is 0 Å². The molecule has 1 unspecified atom stereocenters. The van der Waals surface area contributed by atoms with E-state index in [0.29, 0.717) is 6.54 Å². The summed E-state index contributed by atoms with van der Waals surface area (Å²) in [4.78, 5) is 19.8. The number of carbonyl (C=O) groups is 1. The number of carbonyl (C=O) groups excluding carboxylic acids is 1. The smallest absolute Gasteiger partial charge is 0.327 e. The molecule has 0 aliphatic heterocycles. The summed E-state index contributed by atoms with van der Waals surface area (Å²) in [6.07, 6.45) is 3.15. The maximum atomic E-state index is 11.8. The second-order valence-corrected chi connectivity index (χ2v) is 3.95. The van der Waals surface area contributed by atoms with Crippen LogP contribution in [0.15, 0.2) is 48.9 Å². The van der Waals surface area contributed by atoms with Gasteiger partial charge in [-0.3, -0.25) is 5.32 Å². The second kappa shape index (κ2) is 6.61. The van der Waals surface area contributed by atoms with E-state index < -0.39 is 6.04 Å². The van der Waals surface area contributed by atoms with Crippen molar-refractivity contribution in [3.8, 4) is 0 Å². The zero-order valence-corrected chi connectivity index (χ0v) is 10.6. The number of benzene rings is 1. The average Bonchev–Trinajstić information content (AvgIpc) is 2.49. The first kappa shape index (κ1) is 13.2. The first-order valence-electron chi connectivity index (χ1n) is 5.92. The van der Waals surface area contributed by atoms with E-state index in [0.717, 1.165) is 11.3 Å². The van der Waals surface area contributed by atoms with Gasteiger partial charge in [0, 0.05) is 12.7 Å². The Balaban J connectivity index is 2.09. The van der Waals surface area contributed by atoms with Crippen molar-refractivity contribution >= 4 is 5.97 Å². The van der Waals surface area contributed by atoms with Crippen LogP contribution in [0.5, 0.6) is 0 Å². The lowest BCUT2D eigenvalue weighted by Gasteiger charge is -2.16. The Morgan fingerprint density at radius 2 is 2.11 bits per heavy atom. The molecule has 0 radical (unpaired) electrons. The number of aromatic nitrogens is 2. The number of nitrogens with zero attached hydrogens (tertiary/aromatic N) is 2. The maximum absolute atomic E-state index is 11.8. The molecular weight excluding hydrogens is 242 g/mol. The summed E-state index contributed by atoms with van der Waals surface area (Å²) in [5, 5.41) is 3.14. The summed E-state index contributed by atoms with van der Waals surface area (Å²) in [5.41, 5.74) is 1.68. The van der Waals surface area contributed by atoms with Crippen molar-refractivity contribution in [2.75, 3.05) is 7.11 Å². The Labute approximate surface area is 111 Å². The van der Waals surface area contributed by atoms with Gasteiger partial charge in [-0.15, -0.1) is 0 Å². The third kappa shape index (κ3) is 3.59. The van der Waals surface area contributed by atoms with Gasteiger partial charge >= 0.3 is 5.97 Å². The van der Waals surface area contributed by atoms with Crippen LogP contribution in [0, 0.1) is 0 Å². The highest BCUT2D eigenvalue weighted by Gasteiger charge is 2.20. The van der Waals surface area contributed by atoms with Crippen LogP contribution >= 0.6 is 0 Å². The van der Waals surface area contributed by atoms with Gasteiger partial charge in [0.2, 0.25) is 0 Å². The first-order valence-corrected chi connectivity index (χ1v) is 5.92. The van der Waals surface area contributed by atoms with Gasteiger partial charge in [0.25, 0.3) is 0 Å². The number of hydrogen-bond donors (Lipinski definition) is 1. The number of methoxy groups -OCH3 is 1. The van der Waals surface area contributed by atoms with E-state index in [9.17, 15) is 4.79 Å². The molecule has 1 atom stereocenters. The number of nitrogens with one attached hydrogen (secondary N) is 1. The largest absolute Gasteiger partial charge is 0.468 e. The highest BCUT2D eigenvalue weighted by molar-refractivity contribution is 5.77. The van der Waals surface area contributed by atoms with E-state index in [4.69, 9.17) is 4.74 Å². The van der Waals surface area contributed by atoms with Crippen LogP contribution < -0.4 is 5.32 Å². The summed E-state index contributed by atoms with van der Waals surface area (Å²) < 4.78 is 4.82. The molecule has 2 rings (SSSR count). The lowest BCUT2D eigenvalue weighted by molar-refractivity contribution is -0.143. The zero-order chi connectivity index (χ0) is 13.5. The van der Waals surface area contributed by atoms with Crippen LogP contribution in [0.25, 0.3) is 0 Å². The molecule has 1 aromatic heterocycles. The highest BCUT2D eigenvalue weighted by atomic mass is 16.5. The Morgan fingerprint density at radius 1 is 1.32 bits per heavy atom. The Kier molecular flexibility index (Phi) is 4.58. The molecule has 0 aliphatic rings. The summed E-state index contributed by atoms with van der Waals surface area (Å²) >= 11 is 0. The third-order valence-electron chi connectivity index (χ3n) is 2.70. The van der Waals surface area contributed by atoms with Crippen molar-refractivity contribution in [1.82, 2.24) is 15.3 Å². The second-order valence-electron chi connectivity index (χ2n) is 3.95. The molecule has 0 saturated carbocycles. The molecule has 2 aromatic rings. The molecule has 0 bridgehead atoms. The fourth-order valence-corrected chi connectivity index (χ4v) is 1.73. The fraction of sp³-hybridized carbons (Fsp3) is 0.214. The molecule has 1 N–H and O–H groups in total. The topological polar surface area (TPSA) is 64.1 Å². The molecule has 0 spiro atoms. The van der Waals surface area contributed by atoms with E-state index in [2.05, 4.69) is 15.3 Å². The van der Waals surface area contributed by atoms with Crippen LogP contribution in [0.2, 0.25) is 0 Å². The minimum atomic E-state index is -0.499. The van der Waals surface area contributed by atoms with E-state index >= 15 is 0 Å². The van der Waals surface area contributed by atoms with E-state index in [1.807, 2.05) is 30.3 Å². The Morgan fingerprint density at radius 3 is 2.74 bits per heavy atom. The van der Waals surface area contributed by atoms with Gasteiger partial charge < -0.3 is 4.74 Å². The van der Waals surface area contributed by atoms with E-state index in [1.165, 1.54) is 13.4 Å². The minimum Gasteiger partial charge on any atom is -0.468 e. The molecule has 5 nitrogen and oxygen atoms in total. The summed E-state index contributed by atoms with van der Waals surface area (Å²) in [6.45, 7) is 0.469. The highest BCUT2D eigenvalue weighted by Crippen LogP contribution is 2.14. The van der Waals surface area contributed by atoms with Crippen LogP contribution in [-0.4, -0.2) is 23.0 Å². The van der Waals surface area contributed by atoms with Crippen molar-refractivity contribution < 1.29 is 9.53 Å². The predicted octanol–water partition coefficient (Wildman–Crippen LogP) is 1.48. The third-order valence-corrected chi connectivity index (χ3v) is 2.70. The zero-order valence-electron chi connectivity index (χ0n) is 10.6. The van der Waals surface area contributed by atoms with Crippen molar-refractivity contribution in [2.24, 2.45) is 0 Å². The quantitative estimate of drug-likeness (QED) is 0.822. The lowest BCUT2D eigenvalue weighted by atomic mass is 10.1. The normalized spacial score (nSPS) is 11.8. The molecule has 1 heterocycles. The van der Waals surface area contributed by atoms with E-state index in [1.54, 1.807) is 12.3 Å². The molecule has 1 aromatic carbocycles. The Hall–Kier alpha value is -2.27. The van der Waals surface area contributed by atoms with Crippen LogP contribution in [0.4, 0.5) is 0 Å². The van der Waals surface area contributed by atoms with Gasteiger partial charge in [0.1, 0.15) is 12.4 Å². The van der Waals surface area contributed by atoms with Crippen molar-refractivity contribution in [1.29, 1.82) is 0 Å². The molecular formula is C14H15N3O2. The number of ether oxygens (including phenoxy) is 1. The molecule has 0 saturated heterocycles. The van der Waals surface area contributed by atoms with Gasteiger partial charge in [-0.1, -0.05) is 30.3 Å². The lowest BCUT2D eigenvalue weighted by Crippen LogP contribution is -2.29. The van der Waals surface area contributed by atoms with E-state index in [-0.39, 0.29) is 5.97 Å². The number of esters is 1. The minimum absolute atomic E-state index is 0.319. The number of hydrogen-bond acceptors (Lipinski definition) is 5. The first-order chi connectivity index (χ1) is 9.31. The summed E-state index contributed by atoms with van der Waals surface area (Å²) in [6, 6.07) is 10.7. The molecule has 0 fully saturated rings. The molecule has 98 valence electrons. The van der Waals surface area contributed by atoms with Crippen LogP contribution in [0.1, 0.15) is 17.3 Å². The number of rotatable bonds is 5. The summed E-state index contributed by atoms with van der Waals surface area (Å²) in [7, 11) is 1.38. The Bertz CT molecular complexity index is 517. The SMILES string of the molecule is COC(=O)C(NCc1ccncn1)c1ccccc1. The molecule has 0 amide bonds. The molecule has 19 heavy (non-hydrogen) atoms. The molecule has 0 aliphatic carbocycles. The van der Waals surface area contributed by atoms with Gasteiger partial charge in [0.15, 0.2) is 0 Å². The maximum Gasteiger partial charge on any atom is 0.327 e. The van der Waals surface area contributed by atoms with Crippen molar-refractivity contribution in [3.05, 3.63) is 60.2 Å². The van der Waals surface area contributed by atoms with Crippen LogP contribution in [0.3, 0.4) is 0 Å². The predicted molar refractivity (Wildman–Crippen MR) is 70.1 cm³/mol. The van der Waals surface area contributed by atoms with Gasteiger partial charge in [-0.25, -0.2) is 14.8 Å². The molecule has 5 heteroatoms. The monoisotopic (exact) mass is 257 g/mol. The fourth-order valence-electron chi connectivity index (χ4n) is 1.73.